The predicted octanol–water partition coefficient (Wildman–Crippen LogP) is 0.532. The lowest BCUT2D eigenvalue weighted by Crippen LogP contribution is -2.32. The number of nitrogens with two attached hydrogens (primary N) is 1. The van der Waals surface area contributed by atoms with Crippen LogP contribution in [0.15, 0.2) is 24.3 Å². The minimum atomic E-state index is -0.863. The topological polar surface area (TPSA) is 81.4 Å². The Balaban J connectivity index is 2.25. The molecule has 0 radical (unpaired) electrons. The maximum atomic E-state index is 11.4. The molecule has 0 bridgehead atoms. The van der Waals surface area contributed by atoms with Crippen LogP contribution in [0.3, 0.4) is 0 Å². The third kappa shape index (κ3) is 5.18. The lowest BCUT2D eigenvalue weighted by Gasteiger charge is -2.08. The maximum absolute atomic E-state index is 11.4. The summed E-state index contributed by atoms with van der Waals surface area (Å²) in [7, 11) is -0.863. The van der Waals surface area contributed by atoms with E-state index < -0.39 is 10.8 Å². The molecule has 1 aromatic carbocycles. The first-order valence-corrected chi connectivity index (χ1v) is 7.21. The number of anilines is 1. The number of carbonyl (C=O) groups is 1. The van der Waals surface area contributed by atoms with E-state index in [9.17, 15) is 9.00 Å². The van der Waals surface area contributed by atoms with Gasteiger partial charge in [0.1, 0.15) is 5.75 Å². The van der Waals surface area contributed by atoms with Gasteiger partial charge in [-0.1, -0.05) is 19.1 Å². The van der Waals surface area contributed by atoms with Crippen LogP contribution in [0.2, 0.25) is 0 Å². The van der Waals surface area contributed by atoms with E-state index in [0.717, 1.165) is 0 Å². The minimum absolute atomic E-state index is 0.0903. The second-order valence-electron chi connectivity index (χ2n) is 3.61. The molecule has 1 atom stereocenters. The van der Waals surface area contributed by atoms with Crippen molar-refractivity contribution < 1.29 is 13.7 Å². The monoisotopic (exact) mass is 270 g/mol. The average Bonchev–Trinajstić information content (AvgIpc) is 2.37. The van der Waals surface area contributed by atoms with Gasteiger partial charge in [-0.15, -0.1) is 0 Å². The van der Waals surface area contributed by atoms with Crippen molar-refractivity contribution in [1.29, 1.82) is 0 Å². The normalized spacial score (nSPS) is 11.8. The highest BCUT2D eigenvalue weighted by atomic mass is 32.2. The number of para-hydroxylation sites is 2. The molecule has 1 aromatic rings. The smallest absolute Gasteiger partial charge is 0.257 e. The van der Waals surface area contributed by atoms with Crippen LogP contribution in [-0.4, -0.2) is 34.8 Å². The van der Waals surface area contributed by atoms with Crippen LogP contribution < -0.4 is 15.8 Å². The number of hydrogen-bond acceptors (Lipinski definition) is 4. The van der Waals surface area contributed by atoms with Crippen molar-refractivity contribution in [3.8, 4) is 5.75 Å². The molecule has 0 aliphatic carbocycles. The van der Waals surface area contributed by atoms with Gasteiger partial charge in [-0.3, -0.25) is 9.00 Å². The largest absolute Gasteiger partial charge is 0.482 e. The van der Waals surface area contributed by atoms with E-state index >= 15 is 0 Å². The molecule has 3 N–H and O–H groups in total. The molecule has 1 amide bonds. The highest BCUT2D eigenvalue weighted by molar-refractivity contribution is 7.84. The highest BCUT2D eigenvalue weighted by Crippen LogP contribution is 2.19. The van der Waals surface area contributed by atoms with Gasteiger partial charge in [-0.2, -0.15) is 0 Å². The Morgan fingerprint density at radius 3 is 2.83 bits per heavy atom. The molecule has 18 heavy (non-hydrogen) atoms. The molecule has 6 heteroatoms. The van der Waals surface area contributed by atoms with Gasteiger partial charge in [0, 0.05) is 28.9 Å². The molecule has 100 valence electrons. The van der Waals surface area contributed by atoms with Gasteiger partial charge in [-0.25, -0.2) is 0 Å². The third-order valence-corrected chi connectivity index (χ3v) is 3.56. The number of hydrogen-bond donors (Lipinski definition) is 2. The zero-order valence-electron chi connectivity index (χ0n) is 10.3. The van der Waals surface area contributed by atoms with Gasteiger partial charge in [0.15, 0.2) is 6.61 Å². The summed E-state index contributed by atoms with van der Waals surface area (Å²) in [6.07, 6.45) is 0. The Hall–Kier alpha value is -1.56. The first-order chi connectivity index (χ1) is 8.63. The molecule has 1 unspecified atom stereocenters. The Bertz CT molecular complexity index is 424. The zero-order chi connectivity index (χ0) is 13.4. The van der Waals surface area contributed by atoms with E-state index in [-0.39, 0.29) is 12.5 Å². The molecule has 0 fully saturated rings. The number of benzene rings is 1. The van der Waals surface area contributed by atoms with Crippen LogP contribution in [0.4, 0.5) is 5.69 Å². The summed E-state index contributed by atoms with van der Waals surface area (Å²) in [6.45, 7) is 2.15. The van der Waals surface area contributed by atoms with Gasteiger partial charge in [0.25, 0.3) is 5.91 Å². The maximum Gasteiger partial charge on any atom is 0.257 e. The SMILES string of the molecule is CCS(=O)CCNC(=O)COc1ccccc1N. The minimum Gasteiger partial charge on any atom is -0.482 e. The molecule has 0 saturated carbocycles. The molecule has 1 rings (SSSR count). The second kappa shape index (κ2) is 7.71. The summed E-state index contributed by atoms with van der Waals surface area (Å²) in [5, 5.41) is 2.64. The first kappa shape index (κ1) is 14.5. The number of nitrogen functional groups attached to an aromatic ring is 1. The summed E-state index contributed by atoms with van der Waals surface area (Å²) >= 11 is 0. The van der Waals surface area contributed by atoms with E-state index in [1.807, 2.05) is 6.92 Å². The Labute approximate surface area is 109 Å². The van der Waals surface area contributed by atoms with Crippen molar-refractivity contribution in [2.24, 2.45) is 0 Å². The van der Waals surface area contributed by atoms with Crippen molar-refractivity contribution in [2.75, 3.05) is 30.4 Å². The number of carbonyl (C=O) groups excluding carboxylic acids is 1. The van der Waals surface area contributed by atoms with Crippen LogP contribution in [0, 0.1) is 0 Å². The number of amides is 1. The summed E-state index contributed by atoms with van der Waals surface area (Å²) < 4.78 is 16.4. The van der Waals surface area contributed by atoms with E-state index in [1.165, 1.54) is 0 Å². The molecular weight excluding hydrogens is 252 g/mol. The number of ether oxygens (including phenoxy) is 1. The van der Waals surface area contributed by atoms with Crippen LogP contribution >= 0.6 is 0 Å². The summed E-state index contributed by atoms with van der Waals surface area (Å²) in [4.78, 5) is 11.4. The fraction of sp³-hybridized carbons (Fsp3) is 0.417. The highest BCUT2D eigenvalue weighted by Gasteiger charge is 2.04. The molecule has 0 spiro atoms. The molecule has 0 saturated heterocycles. The number of nitrogens with one attached hydrogen (secondary N) is 1. The first-order valence-electron chi connectivity index (χ1n) is 5.72. The summed E-state index contributed by atoms with van der Waals surface area (Å²) in [6, 6.07) is 6.99. The van der Waals surface area contributed by atoms with Crippen molar-refractivity contribution in [2.45, 2.75) is 6.92 Å². The second-order valence-corrected chi connectivity index (χ2v) is 5.47. The van der Waals surface area contributed by atoms with Gasteiger partial charge in [0.2, 0.25) is 0 Å². The molecular formula is C12H18N2O3S. The summed E-state index contributed by atoms with van der Waals surface area (Å²) in [5.41, 5.74) is 6.17. The molecule has 0 aromatic heterocycles. The quantitative estimate of drug-likeness (QED) is 0.708. The Morgan fingerprint density at radius 1 is 1.44 bits per heavy atom. The van der Waals surface area contributed by atoms with Gasteiger partial charge >= 0.3 is 0 Å². The predicted molar refractivity (Wildman–Crippen MR) is 72.9 cm³/mol. The molecule has 0 heterocycles. The molecule has 0 aliphatic rings. The van der Waals surface area contributed by atoms with Crippen LogP contribution in [0.25, 0.3) is 0 Å². The fourth-order valence-electron chi connectivity index (χ4n) is 1.25. The third-order valence-electron chi connectivity index (χ3n) is 2.25. The average molecular weight is 270 g/mol. The summed E-state index contributed by atoms with van der Waals surface area (Å²) in [5.74, 6) is 1.32. The standard InChI is InChI=1S/C12H18N2O3S/c1-2-18(16)8-7-14-12(15)9-17-11-6-4-3-5-10(11)13/h3-6H,2,7-9,13H2,1H3,(H,14,15). The van der Waals surface area contributed by atoms with E-state index in [2.05, 4.69) is 5.32 Å². The Kier molecular flexibility index (Phi) is 6.21. The van der Waals surface area contributed by atoms with Crippen LogP contribution in [0.5, 0.6) is 5.75 Å². The number of rotatable bonds is 7. The van der Waals surface area contributed by atoms with Crippen molar-refractivity contribution in [3.63, 3.8) is 0 Å². The molecule has 5 nitrogen and oxygen atoms in total. The van der Waals surface area contributed by atoms with E-state index in [4.69, 9.17) is 10.5 Å². The van der Waals surface area contributed by atoms with E-state index in [0.29, 0.717) is 29.5 Å². The van der Waals surface area contributed by atoms with Gasteiger partial charge < -0.3 is 15.8 Å². The van der Waals surface area contributed by atoms with Gasteiger partial charge in [-0.05, 0) is 12.1 Å². The van der Waals surface area contributed by atoms with Crippen LogP contribution in [0.1, 0.15) is 6.92 Å². The van der Waals surface area contributed by atoms with Crippen molar-refractivity contribution in [1.82, 2.24) is 5.32 Å². The molecule has 0 aliphatic heterocycles. The van der Waals surface area contributed by atoms with Crippen LogP contribution in [-0.2, 0) is 15.6 Å². The Morgan fingerprint density at radius 2 is 2.17 bits per heavy atom. The van der Waals surface area contributed by atoms with Crippen molar-refractivity contribution >= 4 is 22.4 Å². The van der Waals surface area contributed by atoms with Crippen molar-refractivity contribution in [3.05, 3.63) is 24.3 Å². The zero-order valence-corrected chi connectivity index (χ0v) is 11.2. The lowest BCUT2D eigenvalue weighted by atomic mass is 10.3. The van der Waals surface area contributed by atoms with E-state index in [1.54, 1.807) is 24.3 Å². The lowest BCUT2D eigenvalue weighted by molar-refractivity contribution is -0.122. The van der Waals surface area contributed by atoms with Gasteiger partial charge in [0.05, 0.1) is 5.69 Å². The fourth-order valence-corrected chi connectivity index (χ4v) is 1.87.